The maximum atomic E-state index is 11.9. The number of aromatic nitrogens is 1. The molecule has 2 aliphatic rings. The molecule has 37 heavy (non-hydrogen) atoms. The normalized spacial score (nSPS) is 16.8. The van der Waals surface area contributed by atoms with Crippen molar-refractivity contribution in [3.8, 4) is 0 Å². The van der Waals surface area contributed by atoms with Crippen molar-refractivity contribution in [2.45, 2.75) is 45.2 Å². The number of rotatable bonds is 10. The van der Waals surface area contributed by atoms with Crippen LogP contribution in [0.15, 0.2) is 36.4 Å². The van der Waals surface area contributed by atoms with Gasteiger partial charge in [0.2, 0.25) is 5.82 Å². The average Bonchev–Trinajstić information content (AvgIpc) is 2.91. The molecular formula is C26H36N6O5. The van der Waals surface area contributed by atoms with Crippen LogP contribution in [0.3, 0.4) is 0 Å². The first-order valence-corrected chi connectivity index (χ1v) is 13.0. The maximum Gasteiger partial charge on any atom is 0.407 e. The van der Waals surface area contributed by atoms with Crippen molar-refractivity contribution in [1.82, 2.24) is 15.2 Å². The fourth-order valence-electron chi connectivity index (χ4n) is 4.49. The summed E-state index contributed by atoms with van der Waals surface area (Å²) in [6.45, 7) is 7.76. The van der Waals surface area contributed by atoms with Crippen LogP contribution in [-0.4, -0.2) is 72.9 Å². The quantitative estimate of drug-likeness (QED) is 0.276. The lowest BCUT2D eigenvalue weighted by Crippen LogP contribution is -2.44. The van der Waals surface area contributed by atoms with Gasteiger partial charge in [-0.25, -0.2) is 9.78 Å². The SMILES string of the molecule is CCCCOC(=O)NC1CCN(Cc2ccc(Nc3nc(N4CCOCC4)ccc3[N+](=O)[O-])cc2)CC1. The smallest absolute Gasteiger partial charge is 0.407 e. The van der Waals surface area contributed by atoms with E-state index in [1.807, 2.05) is 24.3 Å². The van der Waals surface area contributed by atoms with Gasteiger partial charge in [0.15, 0.2) is 0 Å². The number of ether oxygens (including phenoxy) is 2. The first-order valence-electron chi connectivity index (χ1n) is 13.0. The number of nitro groups is 1. The Bertz CT molecular complexity index is 1040. The van der Waals surface area contributed by atoms with Gasteiger partial charge in [-0.15, -0.1) is 0 Å². The monoisotopic (exact) mass is 512 g/mol. The van der Waals surface area contributed by atoms with E-state index in [0.29, 0.717) is 38.7 Å². The lowest BCUT2D eigenvalue weighted by atomic mass is 10.0. The minimum atomic E-state index is -0.420. The van der Waals surface area contributed by atoms with Gasteiger partial charge in [0, 0.05) is 50.5 Å². The molecule has 0 saturated carbocycles. The van der Waals surface area contributed by atoms with Crippen LogP contribution in [0, 0.1) is 10.1 Å². The maximum absolute atomic E-state index is 11.9. The van der Waals surface area contributed by atoms with Crippen LogP contribution in [0.4, 0.5) is 27.8 Å². The Morgan fingerprint density at radius 1 is 1.14 bits per heavy atom. The number of hydrogen-bond acceptors (Lipinski definition) is 9. The second-order valence-electron chi connectivity index (χ2n) is 9.40. The molecule has 1 aromatic heterocycles. The van der Waals surface area contributed by atoms with E-state index in [2.05, 4.69) is 32.3 Å². The fourth-order valence-corrected chi connectivity index (χ4v) is 4.49. The standard InChI is InChI=1S/C26H36N6O5/c1-2-3-16-37-26(33)28-22-10-12-30(13-11-22)19-20-4-6-21(7-5-20)27-25-23(32(34)35)8-9-24(29-25)31-14-17-36-18-15-31/h4-9,22H,2-3,10-19H2,1H3,(H,27,29)(H,28,33). The zero-order chi connectivity index (χ0) is 26.0. The predicted octanol–water partition coefficient (Wildman–Crippen LogP) is 4.06. The number of carbonyl (C=O) groups is 1. The van der Waals surface area contributed by atoms with Gasteiger partial charge in [0.25, 0.3) is 0 Å². The Morgan fingerprint density at radius 3 is 2.54 bits per heavy atom. The van der Waals surface area contributed by atoms with Gasteiger partial charge in [-0.05, 0) is 43.0 Å². The Labute approximate surface area is 217 Å². The second-order valence-corrected chi connectivity index (χ2v) is 9.40. The molecule has 1 amide bonds. The van der Waals surface area contributed by atoms with Crippen molar-refractivity contribution in [2.75, 3.05) is 56.2 Å². The van der Waals surface area contributed by atoms with E-state index < -0.39 is 4.92 Å². The van der Waals surface area contributed by atoms with Crippen molar-refractivity contribution in [2.24, 2.45) is 0 Å². The number of benzene rings is 1. The summed E-state index contributed by atoms with van der Waals surface area (Å²) < 4.78 is 10.6. The van der Waals surface area contributed by atoms with Crippen LogP contribution in [0.25, 0.3) is 0 Å². The lowest BCUT2D eigenvalue weighted by molar-refractivity contribution is -0.384. The molecule has 2 saturated heterocycles. The van der Waals surface area contributed by atoms with Crippen LogP contribution >= 0.6 is 0 Å². The first-order chi connectivity index (χ1) is 18.0. The van der Waals surface area contributed by atoms with Gasteiger partial charge in [0.1, 0.15) is 5.82 Å². The summed E-state index contributed by atoms with van der Waals surface area (Å²) >= 11 is 0. The molecule has 0 atom stereocenters. The van der Waals surface area contributed by atoms with Gasteiger partial charge < -0.3 is 25.0 Å². The molecular weight excluding hydrogens is 476 g/mol. The van der Waals surface area contributed by atoms with Crippen molar-refractivity contribution < 1.29 is 19.2 Å². The van der Waals surface area contributed by atoms with Crippen LogP contribution in [0.2, 0.25) is 0 Å². The summed E-state index contributed by atoms with van der Waals surface area (Å²) in [6, 6.07) is 11.2. The van der Waals surface area contributed by atoms with E-state index >= 15 is 0 Å². The third-order valence-electron chi connectivity index (χ3n) is 6.65. The first kappa shape index (κ1) is 26.6. The number of nitrogens with zero attached hydrogens (tertiary/aromatic N) is 4. The fraction of sp³-hybridized carbons (Fsp3) is 0.538. The van der Waals surface area contributed by atoms with Crippen LogP contribution < -0.4 is 15.5 Å². The third kappa shape index (κ3) is 7.77. The molecule has 11 heteroatoms. The van der Waals surface area contributed by atoms with Crippen LogP contribution in [0.1, 0.15) is 38.2 Å². The van der Waals surface area contributed by atoms with E-state index in [0.717, 1.165) is 56.6 Å². The van der Waals surface area contributed by atoms with Gasteiger partial charge >= 0.3 is 11.8 Å². The topological polar surface area (TPSA) is 122 Å². The van der Waals surface area contributed by atoms with Crippen molar-refractivity contribution in [1.29, 1.82) is 0 Å². The minimum Gasteiger partial charge on any atom is -0.450 e. The molecule has 0 bridgehead atoms. The largest absolute Gasteiger partial charge is 0.450 e. The van der Waals surface area contributed by atoms with Gasteiger partial charge in [-0.3, -0.25) is 15.0 Å². The molecule has 2 fully saturated rings. The van der Waals surface area contributed by atoms with E-state index in [1.54, 1.807) is 6.07 Å². The van der Waals surface area contributed by atoms with Crippen molar-refractivity contribution in [3.63, 3.8) is 0 Å². The zero-order valence-electron chi connectivity index (χ0n) is 21.4. The Kier molecular flexibility index (Phi) is 9.50. The number of pyridine rings is 1. The van der Waals surface area contributed by atoms with Crippen LogP contribution in [-0.2, 0) is 16.0 Å². The Morgan fingerprint density at radius 2 is 1.86 bits per heavy atom. The number of likely N-dealkylation sites (tertiary alicyclic amines) is 1. The summed E-state index contributed by atoms with van der Waals surface area (Å²) in [6.07, 6.45) is 3.34. The lowest BCUT2D eigenvalue weighted by Gasteiger charge is -2.32. The molecule has 0 unspecified atom stereocenters. The average molecular weight is 513 g/mol. The molecule has 0 spiro atoms. The molecule has 200 valence electrons. The summed E-state index contributed by atoms with van der Waals surface area (Å²) in [7, 11) is 0. The van der Waals surface area contributed by atoms with Crippen molar-refractivity contribution >= 4 is 29.1 Å². The highest BCUT2D eigenvalue weighted by molar-refractivity contribution is 5.68. The zero-order valence-corrected chi connectivity index (χ0v) is 21.4. The molecule has 1 aromatic carbocycles. The predicted molar refractivity (Wildman–Crippen MR) is 141 cm³/mol. The number of amides is 1. The summed E-state index contributed by atoms with van der Waals surface area (Å²) in [5, 5.41) is 17.7. The van der Waals surface area contributed by atoms with E-state index in [4.69, 9.17) is 9.47 Å². The third-order valence-corrected chi connectivity index (χ3v) is 6.65. The number of piperidine rings is 1. The number of hydrogen-bond donors (Lipinski definition) is 2. The van der Waals surface area contributed by atoms with Gasteiger partial charge in [-0.1, -0.05) is 25.5 Å². The molecule has 3 heterocycles. The molecule has 0 aliphatic carbocycles. The van der Waals surface area contributed by atoms with Gasteiger partial charge in [-0.2, -0.15) is 0 Å². The molecule has 2 N–H and O–H groups in total. The number of carbonyl (C=O) groups excluding carboxylic acids is 1. The Hall–Kier alpha value is -3.44. The summed E-state index contributed by atoms with van der Waals surface area (Å²) in [5.74, 6) is 0.921. The minimum absolute atomic E-state index is 0.0631. The number of unbranched alkanes of at least 4 members (excludes halogenated alkanes) is 1. The number of anilines is 3. The molecule has 4 rings (SSSR count). The van der Waals surface area contributed by atoms with Crippen molar-refractivity contribution in [3.05, 3.63) is 52.1 Å². The number of nitrogens with one attached hydrogen (secondary N) is 2. The molecule has 11 nitrogen and oxygen atoms in total. The molecule has 0 radical (unpaired) electrons. The van der Waals surface area contributed by atoms with Gasteiger partial charge in [0.05, 0.1) is 24.7 Å². The highest BCUT2D eigenvalue weighted by Gasteiger charge is 2.22. The van der Waals surface area contributed by atoms with Crippen LogP contribution in [0.5, 0.6) is 0 Å². The highest BCUT2D eigenvalue weighted by Crippen LogP contribution is 2.29. The Balaban J connectivity index is 1.30. The number of alkyl carbamates (subject to hydrolysis) is 1. The van der Waals surface area contributed by atoms with E-state index in [-0.39, 0.29) is 23.6 Å². The number of morpholine rings is 1. The second kappa shape index (κ2) is 13.2. The summed E-state index contributed by atoms with van der Waals surface area (Å²) in [4.78, 5) is 32.0. The summed E-state index contributed by atoms with van der Waals surface area (Å²) in [5.41, 5.74) is 1.83. The molecule has 2 aliphatic heterocycles. The van der Waals surface area contributed by atoms with E-state index in [1.165, 1.54) is 6.07 Å². The highest BCUT2D eigenvalue weighted by atomic mass is 16.6. The molecule has 2 aromatic rings. The van der Waals surface area contributed by atoms with E-state index in [9.17, 15) is 14.9 Å².